The van der Waals surface area contributed by atoms with Crippen molar-refractivity contribution in [1.82, 2.24) is 0 Å². The zero-order valence-electron chi connectivity index (χ0n) is 30.3. The molecule has 0 bridgehead atoms. The Morgan fingerprint density at radius 2 is 1.14 bits per heavy atom. The first-order chi connectivity index (χ1) is 24.1. The van der Waals surface area contributed by atoms with Gasteiger partial charge in [0.2, 0.25) is 0 Å². The number of hydrogen-bond donors (Lipinski definition) is 2. The lowest BCUT2D eigenvalue weighted by Crippen LogP contribution is -2.07. The molecule has 0 spiro atoms. The number of esters is 1. The number of halogens is 2. The fourth-order valence-corrected chi connectivity index (χ4v) is 5.72. The van der Waals surface area contributed by atoms with Crippen LogP contribution in [-0.2, 0) is 17.6 Å². The standard InChI is InChI=1S/C44H56Cl2O4/c1-34(2)24-19-15-13-14-17-21-28-38-41(47)32-37(27-23-25-35(3)4)33-42(38)50-43(48)29-22-18-12-10-8-6-5-7-9-11-16-20-26-36-30-39(45)44(49)40(46)31-36/h5-12,16,18,20,22,26,29-35,47,49H,13-15,17,19,21,23-25,27-28H2,1-4H3. The van der Waals surface area contributed by atoms with Gasteiger partial charge in [-0.1, -0.05) is 175 Å². The minimum atomic E-state index is -0.465. The van der Waals surface area contributed by atoms with E-state index in [1.807, 2.05) is 79.0 Å². The van der Waals surface area contributed by atoms with Crippen molar-refractivity contribution >= 4 is 35.2 Å². The predicted molar refractivity (Wildman–Crippen MR) is 214 cm³/mol. The highest BCUT2D eigenvalue weighted by molar-refractivity contribution is 6.37. The number of benzene rings is 2. The number of phenolic OH excluding ortho intramolecular Hbond substituents is 2. The second kappa shape index (κ2) is 25.3. The molecule has 0 radical (unpaired) electrons. The monoisotopic (exact) mass is 718 g/mol. The third-order valence-electron chi connectivity index (χ3n) is 7.94. The van der Waals surface area contributed by atoms with Crippen LogP contribution in [0.1, 0.15) is 102 Å². The van der Waals surface area contributed by atoms with E-state index in [2.05, 4.69) is 27.7 Å². The first-order valence-corrected chi connectivity index (χ1v) is 18.7. The lowest BCUT2D eigenvalue weighted by atomic mass is 9.98. The average Bonchev–Trinajstić information content (AvgIpc) is 3.05. The summed E-state index contributed by atoms with van der Waals surface area (Å²) in [6, 6.07) is 7.06. The smallest absolute Gasteiger partial charge is 0.336 e. The first kappa shape index (κ1) is 42.4. The number of allylic oxidation sites excluding steroid dienone is 12. The molecule has 2 rings (SSSR count). The minimum Gasteiger partial charge on any atom is -0.508 e. The maximum absolute atomic E-state index is 12.7. The molecule has 0 unspecified atom stereocenters. The summed E-state index contributed by atoms with van der Waals surface area (Å²) in [6.07, 6.45) is 37.5. The van der Waals surface area contributed by atoms with Gasteiger partial charge in [-0.05, 0) is 72.9 Å². The van der Waals surface area contributed by atoms with Gasteiger partial charge < -0.3 is 14.9 Å². The number of hydrogen-bond acceptors (Lipinski definition) is 4. The normalized spacial score (nSPS) is 12.7. The van der Waals surface area contributed by atoms with Crippen molar-refractivity contribution in [3.05, 3.63) is 130 Å². The van der Waals surface area contributed by atoms with Crippen molar-refractivity contribution in [3.8, 4) is 17.2 Å². The summed E-state index contributed by atoms with van der Waals surface area (Å²) in [4.78, 5) is 12.7. The van der Waals surface area contributed by atoms with Gasteiger partial charge in [0.05, 0.1) is 10.0 Å². The highest BCUT2D eigenvalue weighted by atomic mass is 35.5. The summed E-state index contributed by atoms with van der Waals surface area (Å²) in [5, 5.41) is 21.0. The van der Waals surface area contributed by atoms with E-state index in [1.54, 1.807) is 24.3 Å². The van der Waals surface area contributed by atoms with Crippen LogP contribution >= 0.6 is 23.2 Å². The molecule has 2 N–H and O–H groups in total. The van der Waals surface area contributed by atoms with Crippen LogP contribution < -0.4 is 4.74 Å². The lowest BCUT2D eigenvalue weighted by Gasteiger charge is -2.14. The van der Waals surface area contributed by atoms with Crippen LogP contribution in [0.15, 0.2) is 103 Å². The predicted octanol–water partition coefficient (Wildman–Crippen LogP) is 13.3. The minimum absolute atomic E-state index is 0.114. The fourth-order valence-electron chi connectivity index (χ4n) is 5.21. The van der Waals surface area contributed by atoms with Crippen molar-refractivity contribution in [1.29, 1.82) is 0 Å². The maximum Gasteiger partial charge on any atom is 0.336 e. The largest absolute Gasteiger partial charge is 0.508 e. The fraction of sp³-hybridized carbons (Fsp3) is 0.386. The Kier molecular flexibility index (Phi) is 21.4. The zero-order chi connectivity index (χ0) is 36.6. The Morgan fingerprint density at radius 1 is 0.640 bits per heavy atom. The summed E-state index contributed by atoms with van der Waals surface area (Å²) >= 11 is 11.9. The van der Waals surface area contributed by atoms with Crippen LogP contribution in [0, 0.1) is 11.8 Å². The number of carbonyl (C=O) groups excluding carboxylic acids is 1. The summed E-state index contributed by atoms with van der Waals surface area (Å²) < 4.78 is 5.78. The number of phenols is 2. The van der Waals surface area contributed by atoms with E-state index in [0.717, 1.165) is 54.7 Å². The van der Waals surface area contributed by atoms with Crippen LogP contribution in [-0.4, -0.2) is 16.2 Å². The van der Waals surface area contributed by atoms with Crippen molar-refractivity contribution in [2.75, 3.05) is 0 Å². The van der Waals surface area contributed by atoms with Crippen LogP contribution in [0.2, 0.25) is 10.0 Å². The Hall–Kier alpha value is -3.73. The van der Waals surface area contributed by atoms with E-state index in [1.165, 1.54) is 38.2 Å². The molecule has 2 aromatic rings. The van der Waals surface area contributed by atoms with Gasteiger partial charge in [-0.15, -0.1) is 0 Å². The molecule has 0 saturated carbocycles. The molecular formula is C44H56Cl2O4. The van der Waals surface area contributed by atoms with Crippen molar-refractivity contribution in [3.63, 3.8) is 0 Å². The van der Waals surface area contributed by atoms with E-state index in [-0.39, 0.29) is 21.5 Å². The lowest BCUT2D eigenvalue weighted by molar-refractivity contribution is -0.129. The van der Waals surface area contributed by atoms with E-state index in [9.17, 15) is 15.0 Å². The molecule has 0 saturated heterocycles. The molecule has 6 heteroatoms. The Labute approximate surface area is 311 Å². The number of aryl methyl sites for hydroxylation is 1. The molecule has 0 aliphatic carbocycles. The Bertz CT molecular complexity index is 1500. The molecule has 0 fully saturated rings. The molecule has 50 heavy (non-hydrogen) atoms. The Morgan fingerprint density at radius 3 is 1.72 bits per heavy atom. The van der Waals surface area contributed by atoms with E-state index < -0.39 is 5.97 Å². The summed E-state index contributed by atoms with van der Waals surface area (Å²) in [5.41, 5.74) is 2.50. The Balaban J connectivity index is 1.85. The number of aromatic hydroxyl groups is 2. The number of rotatable bonds is 22. The first-order valence-electron chi connectivity index (χ1n) is 18.0. The third-order valence-corrected chi connectivity index (χ3v) is 8.52. The van der Waals surface area contributed by atoms with Gasteiger partial charge in [-0.25, -0.2) is 4.79 Å². The van der Waals surface area contributed by atoms with Crippen LogP contribution in [0.3, 0.4) is 0 Å². The summed E-state index contributed by atoms with van der Waals surface area (Å²) in [7, 11) is 0. The van der Waals surface area contributed by atoms with Crippen molar-refractivity contribution in [2.45, 2.75) is 98.3 Å². The van der Waals surface area contributed by atoms with Gasteiger partial charge in [-0.2, -0.15) is 0 Å². The average molecular weight is 720 g/mol. The topological polar surface area (TPSA) is 66.8 Å². The summed E-state index contributed by atoms with van der Waals surface area (Å²) in [5.74, 6) is 1.50. The molecule has 0 aliphatic rings. The van der Waals surface area contributed by atoms with Crippen molar-refractivity contribution in [2.24, 2.45) is 11.8 Å². The van der Waals surface area contributed by atoms with E-state index in [0.29, 0.717) is 18.1 Å². The highest BCUT2D eigenvalue weighted by Crippen LogP contribution is 2.34. The van der Waals surface area contributed by atoms with Crippen LogP contribution in [0.5, 0.6) is 17.2 Å². The van der Waals surface area contributed by atoms with Crippen LogP contribution in [0.4, 0.5) is 0 Å². The quantitative estimate of drug-likeness (QED) is 0.0418. The van der Waals surface area contributed by atoms with Gasteiger partial charge in [0, 0.05) is 11.6 Å². The van der Waals surface area contributed by atoms with Gasteiger partial charge in [0.15, 0.2) is 5.75 Å². The maximum atomic E-state index is 12.7. The second-order valence-electron chi connectivity index (χ2n) is 13.3. The highest BCUT2D eigenvalue weighted by Gasteiger charge is 2.14. The van der Waals surface area contributed by atoms with Crippen molar-refractivity contribution < 1.29 is 19.7 Å². The molecule has 270 valence electrons. The molecule has 0 aromatic heterocycles. The molecular weight excluding hydrogens is 663 g/mol. The van der Waals surface area contributed by atoms with Gasteiger partial charge in [0.1, 0.15) is 11.5 Å². The van der Waals surface area contributed by atoms with E-state index >= 15 is 0 Å². The third kappa shape index (κ3) is 18.9. The molecule has 0 aliphatic heterocycles. The molecule has 0 atom stereocenters. The number of unbranched alkanes of at least 4 members (excludes halogenated alkanes) is 5. The zero-order valence-corrected chi connectivity index (χ0v) is 31.8. The number of ether oxygens (including phenoxy) is 1. The van der Waals surface area contributed by atoms with Gasteiger partial charge in [-0.3, -0.25) is 0 Å². The van der Waals surface area contributed by atoms with Crippen LogP contribution in [0.25, 0.3) is 6.08 Å². The molecule has 0 heterocycles. The molecule has 0 amide bonds. The molecule has 4 nitrogen and oxygen atoms in total. The summed E-state index contributed by atoms with van der Waals surface area (Å²) in [6.45, 7) is 8.97. The SMILES string of the molecule is CC(C)CCCCCCCCc1c(O)cc(CCCC(C)C)cc1OC(=O)C=CC=CC=CC=CC=CC=CC=Cc1cc(Cl)c(O)c(Cl)c1. The number of carbonyl (C=O) groups is 1. The van der Waals surface area contributed by atoms with Gasteiger partial charge in [0.25, 0.3) is 0 Å². The van der Waals surface area contributed by atoms with Gasteiger partial charge >= 0.3 is 5.97 Å². The second-order valence-corrected chi connectivity index (χ2v) is 14.1. The van der Waals surface area contributed by atoms with E-state index in [4.69, 9.17) is 27.9 Å². The molecule has 2 aromatic carbocycles.